The molecule has 0 aliphatic carbocycles. The summed E-state index contributed by atoms with van der Waals surface area (Å²) in [6.45, 7) is 0. The van der Waals surface area contributed by atoms with Crippen molar-refractivity contribution in [2.75, 3.05) is 5.32 Å². The van der Waals surface area contributed by atoms with Gasteiger partial charge in [0.1, 0.15) is 11.5 Å². The normalized spacial score (nSPS) is 10.0. The largest absolute Gasteiger partial charge is 0.305 e. The Morgan fingerprint density at radius 3 is 2.59 bits per heavy atom. The van der Waals surface area contributed by atoms with Gasteiger partial charge in [-0.2, -0.15) is 0 Å². The van der Waals surface area contributed by atoms with Gasteiger partial charge < -0.3 is 5.32 Å². The Bertz CT molecular complexity index is 527. The number of halogens is 2. The van der Waals surface area contributed by atoms with Gasteiger partial charge in [0.2, 0.25) is 0 Å². The maximum absolute atomic E-state index is 11.7. The van der Waals surface area contributed by atoms with E-state index in [0.29, 0.717) is 16.5 Å². The molecule has 0 atom stereocenters. The van der Waals surface area contributed by atoms with Gasteiger partial charge in [0, 0.05) is 16.9 Å². The number of carbonyl (C=O) groups excluding carboxylic acids is 1. The van der Waals surface area contributed by atoms with E-state index in [2.05, 4.69) is 31.2 Å². The average molecular weight is 313 g/mol. The standard InChI is InChI=1S/C11H7BrClN3O/c12-7-1-3-9(14-5-7)11(17)16-10-4-2-8(13)6-15-10/h1-6H,(H,15,16,17). The Labute approximate surface area is 111 Å². The molecule has 1 amide bonds. The number of aromatic nitrogens is 2. The molecule has 0 saturated carbocycles. The summed E-state index contributed by atoms with van der Waals surface area (Å²) in [4.78, 5) is 19.7. The van der Waals surface area contributed by atoms with Gasteiger partial charge in [-0.15, -0.1) is 0 Å². The minimum atomic E-state index is -0.313. The van der Waals surface area contributed by atoms with Gasteiger partial charge in [0.25, 0.3) is 5.91 Å². The second kappa shape index (κ2) is 5.25. The Hall–Kier alpha value is -1.46. The Balaban J connectivity index is 2.11. The van der Waals surface area contributed by atoms with E-state index in [1.807, 2.05) is 0 Å². The van der Waals surface area contributed by atoms with Crippen LogP contribution in [0.2, 0.25) is 5.02 Å². The van der Waals surface area contributed by atoms with Crippen LogP contribution in [0.4, 0.5) is 5.82 Å². The monoisotopic (exact) mass is 311 g/mol. The fourth-order valence-electron chi connectivity index (χ4n) is 1.14. The van der Waals surface area contributed by atoms with Crippen molar-refractivity contribution in [2.45, 2.75) is 0 Å². The third-order valence-corrected chi connectivity index (χ3v) is 2.62. The van der Waals surface area contributed by atoms with Gasteiger partial charge in [-0.05, 0) is 40.2 Å². The number of pyridine rings is 2. The van der Waals surface area contributed by atoms with Gasteiger partial charge >= 0.3 is 0 Å². The van der Waals surface area contributed by atoms with Crippen LogP contribution >= 0.6 is 27.5 Å². The lowest BCUT2D eigenvalue weighted by Gasteiger charge is -2.03. The molecule has 6 heteroatoms. The minimum absolute atomic E-state index is 0.313. The molecule has 0 bridgehead atoms. The Kier molecular flexibility index (Phi) is 3.71. The van der Waals surface area contributed by atoms with Crippen LogP contribution in [0.1, 0.15) is 10.5 Å². The van der Waals surface area contributed by atoms with Crippen molar-refractivity contribution >= 4 is 39.3 Å². The zero-order chi connectivity index (χ0) is 12.3. The molecule has 0 unspecified atom stereocenters. The molecule has 86 valence electrons. The molecule has 0 radical (unpaired) electrons. The summed E-state index contributed by atoms with van der Waals surface area (Å²) < 4.78 is 0.818. The summed E-state index contributed by atoms with van der Waals surface area (Å²) in [5.41, 5.74) is 0.324. The first-order valence-corrected chi connectivity index (χ1v) is 5.87. The van der Waals surface area contributed by atoms with Crippen LogP contribution in [-0.2, 0) is 0 Å². The van der Waals surface area contributed by atoms with Crippen molar-refractivity contribution in [3.8, 4) is 0 Å². The molecule has 17 heavy (non-hydrogen) atoms. The van der Waals surface area contributed by atoms with Crippen LogP contribution in [0.3, 0.4) is 0 Å². The lowest BCUT2D eigenvalue weighted by Crippen LogP contribution is -2.14. The zero-order valence-corrected chi connectivity index (χ0v) is 10.9. The number of hydrogen-bond acceptors (Lipinski definition) is 3. The number of nitrogens with zero attached hydrogens (tertiary/aromatic N) is 2. The number of nitrogens with one attached hydrogen (secondary N) is 1. The van der Waals surface area contributed by atoms with Gasteiger partial charge in [-0.3, -0.25) is 4.79 Å². The molecule has 0 spiro atoms. The van der Waals surface area contributed by atoms with Crippen molar-refractivity contribution in [2.24, 2.45) is 0 Å². The van der Waals surface area contributed by atoms with E-state index in [1.165, 1.54) is 6.20 Å². The second-order valence-corrected chi connectivity index (χ2v) is 4.53. The summed E-state index contributed by atoms with van der Waals surface area (Å²) >= 11 is 8.94. The number of amides is 1. The molecule has 0 aliphatic heterocycles. The van der Waals surface area contributed by atoms with E-state index in [9.17, 15) is 4.79 Å². The summed E-state index contributed by atoms with van der Waals surface area (Å²) in [6.07, 6.45) is 3.02. The maximum Gasteiger partial charge on any atom is 0.275 e. The predicted octanol–water partition coefficient (Wildman–Crippen LogP) is 3.14. The third kappa shape index (κ3) is 3.25. The third-order valence-electron chi connectivity index (χ3n) is 1.93. The molecule has 2 aromatic heterocycles. The van der Waals surface area contributed by atoms with E-state index in [0.717, 1.165) is 4.47 Å². The van der Waals surface area contributed by atoms with Crippen LogP contribution in [0.15, 0.2) is 41.1 Å². The van der Waals surface area contributed by atoms with Crippen LogP contribution < -0.4 is 5.32 Å². The summed E-state index contributed by atoms with van der Waals surface area (Å²) in [7, 11) is 0. The molecule has 1 N–H and O–H groups in total. The highest BCUT2D eigenvalue weighted by molar-refractivity contribution is 9.10. The molecule has 4 nitrogen and oxygen atoms in total. The average Bonchev–Trinajstić information content (AvgIpc) is 2.33. The molecule has 0 saturated heterocycles. The fraction of sp³-hybridized carbons (Fsp3) is 0. The molecule has 2 rings (SSSR count). The predicted molar refractivity (Wildman–Crippen MR) is 69.1 cm³/mol. The number of carbonyl (C=O) groups is 1. The quantitative estimate of drug-likeness (QED) is 0.927. The first-order valence-electron chi connectivity index (χ1n) is 4.69. The molecule has 2 heterocycles. The van der Waals surface area contributed by atoms with Crippen molar-refractivity contribution in [3.63, 3.8) is 0 Å². The van der Waals surface area contributed by atoms with Crippen molar-refractivity contribution in [1.29, 1.82) is 0 Å². The van der Waals surface area contributed by atoms with Gasteiger partial charge in [0.05, 0.1) is 5.02 Å². The van der Waals surface area contributed by atoms with E-state index >= 15 is 0 Å². The molecular weight excluding hydrogens is 305 g/mol. The minimum Gasteiger partial charge on any atom is -0.305 e. The zero-order valence-electron chi connectivity index (χ0n) is 8.52. The molecule has 0 aliphatic rings. The number of anilines is 1. The van der Waals surface area contributed by atoms with Crippen LogP contribution in [0.25, 0.3) is 0 Å². The molecule has 2 aromatic rings. The highest BCUT2D eigenvalue weighted by Crippen LogP contribution is 2.11. The topological polar surface area (TPSA) is 54.9 Å². The van der Waals surface area contributed by atoms with Crippen LogP contribution in [-0.4, -0.2) is 15.9 Å². The van der Waals surface area contributed by atoms with Crippen LogP contribution in [0, 0.1) is 0 Å². The van der Waals surface area contributed by atoms with E-state index in [-0.39, 0.29) is 5.91 Å². The van der Waals surface area contributed by atoms with Gasteiger partial charge in [0.15, 0.2) is 0 Å². The van der Waals surface area contributed by atoms with Gasteiger partial charge in [-0.1, -0.05) is 11.6 Å². The Morgan fingerprint density at radius 2 is 2.00 bits per heavy atom. The Morgan fingerprint density at radius 1 is 1.18 bits per heavy atom. The van der Waals surface area contributed by atoms with Crippen LogP contribution in [0.5, 0.6) is 0 Å². The summed E-state index contributed by atoms with van der Waals surface area (Å²) in [6, 6.07) is 6.64. The summed E-state index contributed by atoms with van der Waals surface area (Å²) in [5.74, 6) is 0.122. The fourth-order valence-corrected chi connectivity index (χ4v) is 1.49. The first-order chi connectivity index (χ1) is 8.15. The molecule has 0 fully saturated rings. The lowest BCUT2D eigenvalue weighted by atomic mass is 10.3. The highest BCUT2D eigenvalue weighted by atomic mass is 79.9. The molecule has 0 aromatic carbocycles. The SMILES string of the molecule is O=C(Nc1ccc(Cl)cn1)c1ccc(Br)cn1. The maximum atomic E-state index is 11.7. The number of rotatable bonds is 2. The smallest absolute Gasteiger partial charge is 0.275 e. The highest BCUT2D eigenvalue weighted by Gasteiger charge is 2.07. The second-order valence-electron chi connectivity index (χ2n) is 3.18. The van der Waals surface area contributed by atoms with E-state index in [4.69, 9.17) is 11.6 Å². The van der Waals surface area contributed by atoms with Gasteiger partial charge in [-0.25, -0.2) is 9.97 Å². The van der Waals surface area contributed by atoms with E-state index in [1.54, 1.807) is 30.5 Å². The first kappa shape index (κ1) is 12.0. The van der Waals surface area contributed by atoms with Crippen molar-refractivity contribution in [1.82, 2.24) is 9.97 Å². The lowest BCUT2D eigenvalue weighted by molar-refractivity contribution is 0.102. The van der Waals surface area contributed by atoms with E-state index < -0.39 is 0 Å². The van der Waals surface area contributed by atoms with Crippen molar-refractivity contribution in [3.05, 3.63) is 51.8 Å². The summed E-state index contributed by atoms with van der Waals surface area (Å²) in [5, 5.41) is 3.14. The molecular formula is C11H7BrClN3O. The van der Waals surface area contributed by atoms with Crippen molar-refractivity contribution < 1.29 is 4.79 Å². The number of hydrogen-bond donors (Lipinski definition) is 1.